The molecule has 2 aromatic rings. The minimum absolute atomic E-state index is 0.00813. The number of nitrogens with zero attached hydrogens (tertiary/aromatic N) is 2. The molecule has 0 aromatic heterocycles. The number of carbonyl (C=O) groups excluding carboxylic acids is 2. The highest BCUT2D eigenvalue weighted by Gasteiger charge is 2.27. The van der Waals surface area contributed by atoms with E-state index < -0.39 is 32.9 Å². The minimum Gasteiger partial charge on any atom is -0.449 e. The lowest BCUT2D eigenvalue weighted by molar-refractivity contribution is -0.384. The van der Waals surface area contributed by atoms with E-state index in [0.29, 0.717) is 13.2 Å². The van der Waals surface area contributed by atoms with Crippen LogP contribution in [-0.2, 0) is 24.3 Å². The summed E-state index contributed by atoms with van der Waals surface area (Å²) in [6.45, 7) is 2.41. The molecule has 0 aliphatic carbocycles. The van der Waals surface area contributed by atoms with Crippen LogP contribution in [-0.4, -0.2) is 69.0 Å². The van der Waals surface area contributed by atoms with Crippen molar-refractivity contribution in [3.8, 4) is 0 Å². The first-order valence-corrected chi connectivity index (χ1v) is 11.7. The van der Waals surface area contributed by atoms with Crippen molar-refractivity contribution in [2.45, 2.75) is 17.9 Å². The predicted octanol–water partition coefficient (Wildman–Crippen LogP) is 1.84. The van der Waals surface area contributed by atoms with Crippen molar-refractivity contribution in [1.29, 1.82) is 0 Å². The molecular weight excluding hydrogens is 468 g/mol. The van der Waals surface area contributed by atoms with Crippen LogP contribution in [0.15, 0.2) is 47.4 Å². The van der Waals surface area contributed by atoms with Crippen molar-refractivity contribution in [3.63, 3.8) is 0 Å². The molecule has 1 atom stereocenters. The van der Waals surface area contributed by atoms with Gasteiger partial charge in [0.25, 0.3) is 11.6 Å². The van der Waals surface area contributed by atoms with E-state index in [1.54, 1.807) is 0 Å². The van der Waals surface area contributed by atoms with Gasteiger partial charge >= 0.3 is 5.97 Å². The Morgan fingerprint density at radius 2 is 1.88 bits per heavy atom. The maximum Gasteiger partial charge on any atom is 0.339 e. The molecule has 1 heterocycles. The number of amides is 1. The molecule has 1 unspecified atom stereocenters. The van der Waals surface area contributed by atoms with Crippen molar-refractivity contribution >= 4 is 39.0 Å². The third kappa shape index (κ3) is 5.68. The normalized spacial score (nSPS) is 15.2. The number of rotatable bonds is 8. The van der Waals surface area contributed by atoms with Gasteiger partial charge in [0.05, 0.1) is 28.6 Å². The lowest BCUT2D eigenvalue weighted by Crippen LogP contribution is -2.40. The molecule has 182 valence electrons. The van der Waals surface area contributed by atoms with Gasteiger partial charge in [-0.25, -0.2) is 13.2 Å². The zero-order valence-corrected chi connectivity index (χ0v) is 19.3. The van der Waals surface area contributed by atoms with Crippen molar-refractivity contribution in [1.82, 2.24) is 4.31 Å². The zero-order chi connectivity index (χ0) is 24.9. The molecule has 1 aliphatic rings. The van der Waals surface area contributed by atoms with Crippen LogP contribution in [0.1, 0.15) is 17.3 Å². The molecule has 1 saturated heterocycles. The summed E-state index contributed by atoms with van der Waals surface area (Å²) in [5, 5.41) is 16.4. The minimum atomic E-state index is -3.76. The number of nitrogens with one attached hydrogen (secondary N) is 2. The van der Waals surface area contributed by atoms with Crippen LogP contribution in [0.5, 0.6) is 0 Å². The largest absolute Gasteiger partial charge is 0.449 e. The standard InChI is InChI=1S/C21H24N4O8S/c1-14(33-21(27)15-6-7-18(22-2)19(12-15)25(28)29)20(26)23-16-4-3-5-17(13-16)34(30,31)24-8-10-32-11-9-24/h3-7,12-14,22H,8-11H2,1-2H3,(H,23,26). The molecule has 2 N–H and O–H groups in total. The molecular formula is C21H24N4O8S. The Labute approximate surface area is 196 Å². The second-order valence-corrected chi connectivity index (χ2v) is 9.26. The summed E-state index contributed by atoms with van der Waals surface area (Å²) in [6, 6.07) is 9.49. The van der Waals surface area contributed by atoms with E-state index in [2.05, 4.69) is 10.6 Å². The Bertz CT molecular complexity index is 1200. The van der Waals surface area contributed by atoms with Crippen LogP contribution >= 0.6 is 0 Å². The van der Waals surface area contributed by atoms with Gasteiger partial charge in [-0.05, 0) is 37.3 Å². The van der Waals surface area contributed by atoms with Crippen LogP contribution in [0.2, 0.25) is 0 Å². The highest BCUT2D eigenvalue weighted by molar-refractivity contribution is 7.89. The zero-order valence-electron chi connectivity index (χ0n) is 18.5. The second-order valence-electron chi connectivity index (χ2n) is 7.32. The first-order chi connectivity index (χ1) is 16.1. The fraction of sp³-hybridized carbons (Fsp3) is 0.333. The molecule has 2 aromatic carbocycles. The first kappa shape index (κ1) is 25.1. The van der Waals surface area contributed by atoms with Crippen molar-refractivity contribution < 1.29 is 32.4 Å². The quantitative estimate of drug-likeness (QED) is 0.319. The van der Waals surface area contributed by atoms with Crippen molar-refractivity contribution in [2.75, 3.05) is 44.0 Å². The number of benzene rings is 2. The van der Waals surface area contributed by atoms with Gasteiger partial charge in [-0.2, -0.15) is 4.31 Å². The van der Waals surface area contributed by atoms with E-state index in [1.807, 2.05) is 0 Å². The van der Waals surface area contributed by atoms with Gasteiger partial charge in [0.2, 0.25) is 10.0 Å². The fourth-order valence-corrected chi connectivity index (χ4v) is 4.67. The summed E-state index contributed by atoms with van der Waals surface area (Å²) in [5.74, 6) is -1.62. The number of nitro groups is 1. The second kappa shape index (κ2) is 10.6. The summed E-state index contributed by atoms with van der Waals surface area (Å²) < 4.78 is 37.3. The van der Waals surface area contributed by atoms with Crippen molar-refractivity contribution in [2.24, 2.45) is 0 Å². The number of anilines is 2. The highest BCUT2D eigenvalue weighted by Crippen LogP contribution is 2.26. The van der Waals surface area contributed by atoms with Gasteiger partial charge in [0.1, 0.15) is 5.69 Å². The molecule has 1 aliphatic heterocycles. The maximum atomic E-state index is 12.8. The molecule has 1 fully saturated rings. The number of morpholine rings is 1. The van der Waals surface area contributed by atoms with Crippen molar-refractivity contribution in [3.05, 3.63) is 58.1 Å². The molecule has 3 rings (SSSR count). The number of carbonyl (C=O) groups is 2. The monoisotopic (exact) mass is 492 g/mol. The summed E-state index contributed by atoms with van der Waals surface area (Å²) in [5.41, 5.74) is 0.0202. The number of sulfonamides is 1. The Morgan fingerprint density at radius 3 is 2.53 bits per heavy atom. The van der Waals surface area contributed by atoms with E-state index in [9.17, 15) is 28.1 Å². The van der Waals surface area contributed by atoms with Crippen LogP contribution in [0.25, 0.3) is 0 Å². The Morgan fingerprint density at radius 1 is 1.18 bits per heavy atom. The maximum absolute atomic E-state index is 12.8. The molecule has 0 spiro atoms. The molecule has 13 heteroatoms. The van der Waals surface area contributed by atoms with E-state index in [0.717, 1.165) is 6.07 Å². The highest BCUT2D eigenvalue weighted by atomic mass is 32.2. The van der Waals surface area contributed by atoms with E-state index in [4.69, 9.17) is 9.47 Å². The number of esters is 1. The smallest absolute Gasteiger partial charge is 0.339 e. The molecule has 12 nitrogen and oxygen atoms in total. The van der Waals surface area contributed by atoms with Gasteiger partial charge in [-0.15, -0.1) is 0 Å². The number of nitro benzene ring substituents is 1. The number of ether oxygens (including phenoxy) is 2. The van der Waals surface area contributed by atoms with Gasteiger partial charge in [-0.1, -0.05) is 6.07 Å². The Balaban J connectivity index is 1.68. The topological polar surface area (TPSA) is 157 Å². The molecule has 1 amide bonds. The number of hydrogen-bond acceptors (Lipinski definition) is 9. The fourth-order valence-electron chi connectivity index (χ4n) is 3.22. The van der Waals surface area contributed by atoms with E-state index in [-0.39, 0.29) is 40.6 Å². The average Bonchev–Trinajstić information content (AvgIpc) is 2.84. The van der Waals surface area contributed by atoms with Gasteiger partial charge < -0.3 is 20.1 Å². The summed E-state index contributed by atoms with van der Waals surface area (Å²) in [7, 11) is -2.25. The molecule has 0 bridgehead atoms. The Kier molecular flexibility index (Phi) is 7.81. The van der Waals surface area contributed by atoms with E-state index >= 15 is 0 Å². The summed E-state index contributed by atoms with van der Waals surface area (Å²) in [6.07, 6.45) is -1.25. The Hall–Kier alpha value is -3.55. The lowest BCUT2D eigenvalue weighted by Gasteiger charge is -2.26. The third-order valence-corrected chi connectivity index (χ3v) is 6.96. The molecule has 0 radical (unpaired) electrons. The van der Waals surface area contributed by atoms with Gasteiger partial charge in [0.15, 0.2) is 6.10 Å². The molecule has 34 heavy (non-hydrogen) atoms. The van der Waals surface area contributed by atoms with Crippen LogP contribution in [0.4, 0.5) is 17.1 Å². The van der Waals surface area contributed by atoms with Gasteiger partial charge in [-0.3, -0.25) is 14.9 Å². The van der Waals surface area contributed by atoms with Crippen LogP contribution in [0.3, 0.4) is 0 Å². The van der Waals surface area contributed by atoms with Crippen LogP contribution < -0.4 is 10.6 Å². The summed E-state index contributed by atoms with van der Waals surface area (Å²) >= 11 is 0. The third-order valence-electron chi connectivity index (χ3n) is 5.06. The average molecular weight is 493 g/mol. The van der Waals surface area contributed by atoms with E-state index in [1.165, 1.54) is 54.7 Å². The summed E-state index contributed by atoms with van der Waals surface area (Å²) in [4.78, 5) is 35.5. The van der Waals surface area contributed by atoms with Gasteiger partial charge in [0, 0.05) is 31.9 Å². The SMILES string of the molecule is CNc1ccc(C(=O)OC(C)C(=O)Nc2cccc(S(=O)(=O)N3CCOCC3)c2)cc1[N+](=O)[O-]. The lowest BCUT2D eigenvalue weighted by atomic mass is 10.1. The first-order valence-electron chi connectivity index (χ1n) is 10.3. The predicted molar refractivity (Wildman–Crippen MR) is 122 cm³/mol. The van der Waals surface area contributed by atoms with Crippen LogP contribution in [0, 0.1) is 10.1 Å². The number of hydrogen-bond donors (Lipinski definition) is 2. The molecule has 0 saturated carbocycles.